The molecule has 0 N–H and O–H groups in total. The summed E-state index contributed by atoms with van der Waals surface area (Å²) in [5, 5.41) is 0. The van der Waals surface area contributed by atoms with E-state index in [4.69, 9.17) is 14.2 Å². The molecular formula is C63H122O6. The second-order valence-corrected chi connectivity index (χ2v) is 22.9. The number of unbranched alkanes of at least 4 members (excludes halogenated alkanes) is 38. The number of carbonyl (C=O) groups is 3. The van der Waals surface area contributed by atoms with Crippen LogP contribution in [0.15, 0.2) is 0 Å². The Morgan fingerprint density at radius 2 is 0.507 bits per heavy atom. The van der Waals surface area contributed by atoms with Crippen molar-refractivity contribution in [3.05, 3.63) is 0 Å². The quantitative estimate of drug-likeness (QED) is 0.0343. The van der Waals surface area contributed by atoms with Gasteiger partial charge < -0.3 is 14.2 Å². The van der Waals surface area contributed by atoms with Gasteiger partial charge in [-0.25, -0.2) is 0 Å². The number of esters is 3. The molecule has 0 bridgehead atoms. The second-order valence-electron chi connectivity index (χ2n) is 22.9. The van der Waals surface area contributed by atoms with Crippen LogP contribution in [-0.2, 0) is 28.6 Å². The fourth-order valence-electron chi connectivity index (χ4n) is 9.67. The van der Waals surface area contributed by atoms with Gasteiger partial charge in [-0.3, -0.25) is 14.4 Å². The molecule has 0 aliphatic carbocycles. The van der Waals surface area contributed by atoms with Crippen LogP contribution in [0.2, 0.25) is 0 Å². The normalized spacial score (nSPS) is 12.5. The standard InChI is InChI=1S/C63H122O6/c1-7-59(6)51-45-39-33-27-21-15-9-11-17-23-29-35-41-47-53-62(65)68-56-60(69-63(66)54-48-42-36-30-24-18-12-14-20-26-32-38-44-50-58(4)5)55-67-61(64)52-46-40-34-28-22-16-10-8-13-19-25-31-37-43-49-57(2)3/h57-60H,7-56H2,1-6H3/t59?,60-/m0/s1. The third kappa shape index (κ3) is 55.6. The SMILES string of the molecule is CCC(C)CCCCCCCCCCCCCCCCC(=O)OC[C@H](COC(=O)CCCCCCCCCCCCCCCCC(C)C)OC(=O)CCCCCCCCCCCCCCCC(C)C. The third-order valence-corrected chi connectivity index (χ3v) is 14.8. The molecule has 0 saturated carbocycles. The van der Waals surface area contributed by atoms with Crippen molar-refractivity contribution in [2.45, 2.75) is 356 Å². The van der Waals surface area contributed by atoms with Crippen LogP contribution in [0.25, 0.3) is 0 Å². The molecule has 0 spiro atoms. The average molecular weight is 976 g/mol. The predicted molar refractivity (Wildman–Crippen MR) is 298 cm³/mol. The topological polar surface area (TPSA) is 78.9 Å². The molecule has 0 heterocycles. The molecule has 0 saturated heterocycles. The minimum absolute atomic E-state index is 0.0628. The van der Waals surface area contributed by atoms with Crippen molar-refractivity contribution >= 4 is 17.9 Å². The number of hydrogen-bond donors (Lipinski definition) is 0. The minimum atomic E-state index is -0.764. The molecule has 0 radical (unpaired) electrons. The summed E-state index contributed by atoms with van der Waals surface area (Å²) < 4.78 is 16.9. The molecule has 0 aromatic rings. The largest absolute Gasteiger partial charge is 0.462 e. The lowest BCUT2D eigenvalue weighted by Gasteiger charge is -2.18. The zero-order valence-corrected chi connectivity index (χ0v) is 47.6. The molecule has 0 amide bonds. The highest BCUT2D eigenvalue weighted by Gasteiger charge is 2.19. The Labute approximate surface area is 431 Å². The average Bonchev–Trinajstić information content (AvgIpc) is 3.32. The summed E-state index contributed by atoms with van der Waals surface area (Å²) in [7, 11) is 0. The van der Waals surface area contributed by atoms with Crippen molar-refractivity contribution < 1.29 is 28.6 Å². The van der Waals surface area contributed by atoms with Crippen molar-refractivity contribution in [1.82, 2.24) is 0 Å². The maximum Gasteiger partial charge on any atom is 0.306 e. The maximum absolute atomic E-state index is 12.9. The van der Waals surface area contributed by atoms with Gasteiger partial charge in [-0.15, -0.1) is 0 Å². The van der Waals surface area contributed by atoms with E-state index in [0.717, 1.165) is 75.5 Å². The molecule has 0 aliphatic rings. The highest BCUT2D eigenvalue weighted by molar-refractivity contribution is 5.71. The smallest absolute Gasteiger partial charge is 0.306 e. The van der Waals surface area contributed by atoms with E-state index in [-0.39, 0.29) is 31.1 Å². The molecule has 6 nitrogen and oxygen atoms in total. The lowest BCUT2D eigenvalue weighted by molar-refractivity contribution is -0.167. The van der Waals surface area contributed by atoms with Gasteiger partial charge in [-0.1, -0.05) is 311 Å². The molecule has 69 heavy (non-hydrogen) atoms. The summed E-state index contributed by atoms with van der Waals surface area (Å²) in [6.45, 7) is 13.8. The molecule has 0 aromatic carbocycles. The number of carbonyl (C=O) groups excluding carboxylic acids is 3. The van der Waals surface area contributed by atoms with Gasteiger partial charge in [-0.05, 0) is 37.0 Å². The van der Waals surface area contributed by atoms with E-state index in [9.17, 15) is 14.4 Å². The van der Waals surface area contributed by atoms with Crippen LogP contribution in [0.5, 0.6) is 0 Å². The van der Waals surface area contributed by atoms with Crippen LogP contribution in [-0.4, -0.2) is 37.2 Å². The van der Waals surface area contributed by atoms with Gasteiger partial charge in [0.25, 0.3) is 0 Å². The Bertz CT molecular complexity index is 1070. The van der Waals surface area contributed by atoms with Crippen LogP contribution in [0.4, 0.5) is 0 Å². The van der Waals surface area contributed by atoms with Gasteiger partial charge in [-0.2, -0.15) is 0 Å². The summed E-state index contributed by atoms with van der Waals surface area (Å²) in [5.41, 5.74) is 0. The Hall–Kier alpha value is -1.59. The molecule has 410 valence electrons. The van der Waals surface area contributed by atoms with E-state index in [0.29, 0.717) is 19.3 Å². The van der Waals surface area contributed by atoms with E-state index in [1.54, 1.807) is 0 Å². The van der Waals surface area contributed by atoms with Crippen molar-refractivity contribution in [2.24, 2.45) is 17.8 Å². The zero-order valence-electron chi connectivity index (χ0n) is 47.6. The van der Waals surface area contributed by atoms with E-state index in [1.807, 2.05) is 0 Å². The van der Waals surface area contributed by atoms with Crippen LogP contribution < -0.4 is 0 Å². The first-order valence-corrected chi connectivity index (χ1v) is 31.1. The Morgan fingerprint density at radius 3 is 0.754 bits per heavy atom. The summed E-state index contributed by atoms with van der Waals surface area (Å²) in [6, 6.07) is 0. The van der Waals surface area contributed by atoms with Crippen LogP contribution in [0.1, 0.15) is 350 Å². The van der Waals surface area contributed by atoms with Crippen molar-refractivity contribution in [2.75, 3.05) is 13.2 Å². The Kier molecular flexibility index (Phi) is 52.9. The van der Waals surface area contributed by atoms with Crippen molar-refractivity contribution in [1.29, 1.82) is 0 Å². The van der Waals surface area contributed by atoms with E-state index < -0.39 is 6.10 Å². The van der Waals surface area contributed by atoms with Gasteiger partial charge in [0.1, 0.15) is 13.2 Å². The van der Waals surface area contributed by atoms with E-state index in [2.05, 4.69) is 41.5 Å². The fraction of sp³-hybridized carbons (Fsp3) is 0.952. The summed E-state index contributed by atoms with van der Waals surface area (Å²) in [5.74, 6) is 1.74. The first-order chi connectivity index (χ1) is 33.6. The fourth-order valence-corrected chi connectivity index (χ4v) is 9.67. The van der Waals surface area contributed by atoms with Crippen molar-refractivity contribution in [3.8, 4) is 0 Å². The highest BCUT2D eigenvalue weighted by atomic mass is 16.6. The predicted octanol–water partition coefficient (Wildman–Crippen LogP) is 20.7. The van der Waals surface area contributed by atoms with Crippen molar-refractivity contribution in [3.63, 3.8) is 0 Å². The molecule has 1 unspecified atom stereocenters. The summed E-state index contributed by atoms with van der Waals surface area (Å²) >= 11 is 0. The lowest BCUT2D eigenvalue weighted by atomic mass is 9.99. The van der Waals surface area contributed by atoms with Crippen LogP contribution in [0.3, 0.4) is 0 Å². The first-order valence-electron chi connectivity index (χ1n) is 31.1. The van der Waals surface area contributed by atoms with Gasteiger partial charge in [0.05, 0.1) is 0 Å². The number of ether oxygens (including phenoxy) is 3. The molecule has 0 rings (SSSR count). The molecule has 2 atom stereocenters. The molecule has 0 fully saturated rings. The van der Waals surface area contributed by atoms with Gasteiger partial charge in [0.15, 0.2) is 6.10 Å². The van der Waals surface area contributed by atoms with E-state index in [1.165, 1.54) is 231 Å². The van der Waals surface area contributed by atoms with Gasteiger partial charge >= 0.3 is 17.9 Å². The Balaban J connectivity index is 4.30. The van der Waals surface area contributed by atoms with Crippen LogP contribution >= 0.6 is 0 Å². The number of hydrogen-bond acceptors (Lipinski definition) is 6. The number of rotatable bonds is 56. The summed E-state index contributed by atoms with van der Waals surface area (Å²) in [6.07, 6.45) is 58.0. The first kappa shape index (κ1) is 67.4. The maximum atomic E-state index is 12.9. The van der Waals surface area contributed by atoms with E-state index >= 15 is 0 Å². The molecular weight excluding hydrogens is 853 g/mol. The second kappa shape index (κ2) is 54.2. The lowest BCUT2D eigenvalue weighted by Crippen LogP contribution is -2.30. The monoisotopic (exact) mass is 975 g/mol. The molecule has 0 aliphatic heterocycles. The minimum Gasteiger partial charge on any atom is -0.462 e. The Morgan fingerprint density at radius 1 is 0.290 bits per heavy atom. The van der Waals surface area contributed by atoms with Gasteiger partial charge in [0.2, 0.25) is 0 Å². The molecule has 0 aromatic heterocycles. The molecule has 6 heteroatoms. The van der Waals surface area contributed by atoms with Crippen LogP contribution in [0, 0.1) is 17.8 Å². The summed E-state index contributed by atoms with van der Waals surface area (Å²) in [4.78, 5) is 38.3. The highest BCUT2D eigenvalue weighted by Crippen LogP contribution is 2.19. The third-order valence-electron chi connectivity index (χ3n) is 14.8. The zero-order chi connectivity index (χ0) is 50.5. The van der Waals surface area contributed by atoms with Gasteiger partial charge in [0, 0.05) is 19.3 Å².